The van der Waals surface area contributed by atoms with Crippen LogP contribution in [0.3, 0.4) is 0 Å². The molecule has 0 aromatic heterocycles. The van der Waals surface area contributed by atoms with Gasteiger partial charge in [-0.15, -0.1) is 0 Å². The molecule has 1 aromatic rings. The molecule has 0 saturated carbocycles. The fraction of sp³-hybridized carbons (Fsp3) is 0.611. The first-order valence-corrected chi connectivity index (χ1v) is 8.07. The van der Waals surface area contributed by atoms with E-state index in [1.165, 1.54) is 24.9 Å². The Hall–Kier alpha value is -1.35. The van der Waals surface area contributed by atoms with Gasteiger partial charge >= 0.3 is 0 Å². The summed E-state index contributed by atoms with van der Waals surface area (Å²) in [5, 5.41) is 3.13. The molecule has 1 aliphatic heterocycles. The summed E-state index contributed by atoms with van der Waals surface area (Å²) in [5.74, 6) is 0.646. The van der Waals surface area contributed by atoms with Crippen molar-refractivity contribution in [3.63, 3.8) is 0 Å². The first-order valence-electron chi connectivity index (χ1n) is 8.07. The molecule has 0 aliphatic carbocycles. The second-order valence-electron chi connectivity index (χ2n) is 6.55. The highest BCUT2D eigenvalue weighted by molar-refractivity contribution is 5.95. The topological polar surface area (TPSA) is 32.3 Å². The Bertz CT molecular complexity index is 496. The van der Waals surface area contributed by atoms with Crippen LogP contribution in [-0.4, -0.2) is 36.5 Å². The van der Waals surface area contributed by atoms with Crippen molar-refractivity contribution in [3.05, 3.63) is 34.9 Å². The molecule has 3 nitrogen and oxygen atoms in total. The lowest BCUT2D eigenvalue weighted by atomic mass is 9.96. The number of amides is 1. The smallest absolute Gasteiger partial charge is 0.251 e. The number of nitrogens with zero attached hydrogens (tertiary/aromatic N) is 1. The molecule has 1 aliphatic rings. The number of carbonyl (C=O) groups excluding carboxylic acids is 1. The summed E-state index contributed by atoms with van der Waals surface area (Å²) in [5.41, 5.74) is 3.07. The van der Waals surface area contributed by atoms with Crippen LogP contribution >= 0.6 is 0 Å². The van der Waals surface area contributed by atoms with Crippen LogP contribution in [0.5, 0.6) is 0 Å². The Morgan fingerprint density at radius 3 is 2.86 bits per heavy atom. The lowest BCUT2D eigenvalue weighted by molar-refractivity contribution is 0.0922. The molecule has 1 heterocycles. The summed E-state index contributed by atoms with van der Waals surface area (Å²) >= 11 is 0. The van der Waals surface area contributed by atoms with Gasteiger partial charge in [0.1, 0.15) is 0 Å². The molecule has 1 fully saturated rings. The van der Waals surface area contributed by atoms with E-state index in [1.807, 2.05) is 32.0 Å². The minimum absolute atomic E-state index is 0.0675. The van der Waals surface area contributed by atoms with Gasteiger partial charge in [0.2, 0.25) is 0 Å². The molecule has 2 rings (SSSR count). The van der Waals surface area contributed by atoms with E-state index >= 15 is 0 Å². The van der Waals surface area contributed by atoms with E-state index in [2.05, 4.69) is 24.1 Å². The molecule has 1 saturated heterocycles. The summed E-state index contributed by atoms with van der Waals surface area (Å²) in [6.45, 7) is 11.6. The molecular weight excluding hydrogens is 260 g/mol. The van der Waals surface area contributed by atoms with E-state index in [0.717, 1.165) is 24.2 Å². The standard InChI is InChI=1S/C18H28N2O/c1-13(2)20-10-6-8-16(12-20)11-19-18(21)17-9-5-7-14(3)15(17)4/h5,7,9,13,16H,6,8,10-12H2,1-4H3,(H,19,21)/t16-/m1/s1. The van der Waals surface area contributed by atoms with Crippen molar-refractivity contribution in [1.82, 2.24) is 10.2 Å². The van der Waals surface area contributed by atoms with Crippen LogP contribution < -0.4 is 5.32 Å². The lowest BCUT2D eigenvalue weighted by Crippen LogP contribution is -2.43. The monoisotopic (exact) mass is 288 g/mol. The first kappa shape index (κ1) is 16.0. The van der Waals surface area contributed by atoms with Gasteiger partial charge in [0, 0.05) is 24.7 Å². The van der Waals surface area contributed by atoms with Crippen LogP contribution in [0.4, 0.5) is 0 Å². The third kappa shape index (κ3) is 4.07. The van der Waals surface area contributed by atoms with Gasteiger partial charge in [-0.05, 0) is 70.2 Å². The van der Waals surface area contributed by atoms with Gasteiger partial charge in [0.25, 0.3) is 5.91 Å². The SMILES string of the molecule is Cc1cccc(C(=O)NC[C@H]2CCCN(C(C)C)C2)c1C. The van der Waals surface area contributed by atoms with Gasteiger partial charge in [-0.25, -0.2) is 0 Å². The number of benzene rings is 1. The molecule has 21 heavy (non-hydrogen) atoms. The van der Waals surface area contributed by atoms with Crippen molar-refractivity contribution < 1.29 is 4.79 Å². The number of aryl methyl sites for hydroxylation is 1. The van der Waals surface area contributed by atoms with Gasteiger partial charge in [-0.3, -0.25) is 4.79 Å². The molecule has 0 radical (unpaired) electrons. The number of rotatable bonds is 4. The number of piperidine rings is 1. The van der Waals surface area contributed by atoms with Crippen LogP contribution in [0.2, 0.25) is 0 Å². The zero-order valence-corrected chi connectivity index (χ0v) is 13.8. The van der Waals surface area contributed by atoms with Crippen LogP contribution in [0.25, 0.3) is 0 Å². The normalized spacial score (nSPS) is 19.8. The van der Waals surface area contributed by atoms with E-state index in [4.69, 9.17) is 0 Å². The van der Waals surface area contributed by atoms with Crippen molar-refractivity contribution in [2.45, 2.75) is 46.6 Å². The molecule has 116 valence electrons. The highest BCUT2D eigenvalue weighted by Crippen LogP contribution is 2.18. The van der Waals surface area contributed by atoms with Crippen molar-refractivity contribution >= 4 is 5.91 Å². The maximum atomic E-state index is 12.4. The van der Waals surface area contributed by atoms with Gasteiger partial charge in [-0.1, -0.05) is 12.1 Å². The number of hydrogen-bond donors (Lipinski definition) is 1. The summed E-state index contributed by atoms with van der Waals surface area (Å²) in [6, 6.07) is 6.52. The highest BCUT2D eigenvalue weighted by Gasteiger charge is 2.22. The Labute approximate surface area is 128 Å². The maximum absolute atomic E-state index is 12.4. The van der Waals surface area contributed by atoms with E-state index < -0.39 is 0 Å². The molecule has 0 spiro atoms. The minimum Gasteiger partial charge on any atom is -0.352 e. The predicted molar refractivity (Wildman–Crippen MR) is 87.7 cm³/mol. The summed E-state index contributed by atoms with van der Waals surface area (Å²) in [7, 11) is 0. The minimum atomic E-state index is 0.0675. The summed E-state index contributed by atoms with van der Waals surface area (Å²) in [6.07, 6.45) is 2.46. The van der Waals surface area contributed by atoms with Gasteiger partial charge in [-0.2, -0.15) is 0 Å². The Kier molecular flexibility index (Phi) is 5.40. The van der Waals surface area contributed by atoms with Gasteiger partial charge in [0.05, 0.1) is 0 Å². The van der Waals surface area contributed by atoms with Crippen LogP contribution in [0.1, 0.15) is 48.2 Å². The molecule has 0 unspecified atom stereocenters. The number of carbonyl (C=O) groups is 1. The zero-order valence-electron chi connectivity index (χ0n) is 13.8. The van der Waals surface area contributed by atoms with E-state index in [0.29, 0.717) is 12.0 Å². The quantitative estimate of drug-likeness (QED) is 0.923. The molecule has 1 N–H and O–H groups in total. The molecule has 1 atom stereocenters. The highest BCUT2D eigenvalue weighted by atomic mass is 16.1. The van der Waals surface area contributed by atoms with Gasteiger partial charge in [0.15, 0.2) is 0 Å². The Balaban J connectivity index is 1.90. The molecule has 1 aromatic carbocycles. The first-order chi connectivity index (χ1) is 9.99. The third-order valence-electron chi connectivity index (χ3n) is 4.68. The molecular formula is C18H28N2O. The van der Waals surface area contributed by atoms with E-state index in [-0.39, 0.29) is 5.91 Å². The average molecular weight is 288 g/mol. The Morgan fingerprint density at radius 2 is 2.14 bits per heavy atom. The number of nitrogens with one attached hydrogen (secondary N) is 1. The maximum Gasteiger partial charge on any atom is 0.251 e. The van der Waals surface area contributed by atoms with Crippen LogP contribution in [-0.2, 0) is 0 Å². The molecule has 3 heteroatoms. The summed E-state index contributed by atoms with van der Waals surface area (Å²) < 4.78 is 0. The average Bonchev–Trinajstić information content (AvgIpc) is 2.48. The largest absolute Gasteiger partial charge is 0.352 e. The summed E-state index contributed by atoms with van der Waals surface area (Å²) in [4.78, 5) is 14.9. The van der Waals surface area contributed by atoms with Crippen molar-refractivity contribution in [2.24, 2.45) is 5.92 Å². The lowest BCUT2D eigenvalue weighted by Gasteiger charge is -2.35. The van der Waals surface area contributed by atoms with Crippen molar-refractivity contribution in [3.8, 4) is 0 Å². The second-order valence-corrected chi connectivity index (χ2v) is 6.55. The van der Waals surface area contributed by atoms with Crippen LogP contribution in [0, 0.1) is 19.8 Å². The van der Waals surface area contributed by atoms with Crippen molar-refractivity contribution in [2.75, 3.05) is 19.6 Å². The third-order valence-corrected chi connectivity index (χ3v) is 4.68. The molecule has 0 bridgehead atoms. The predicted octanol–water partition coefficient (Wildman–Crippen LogP) is 3.15. The van der Waals surface area contributed by atoms with E-state index in [1.54, 1.807) is 0 Å². The molecule has 1 amide bonds. The van der Waals surface area contributed by atoms with Gasteiger partial charge < -0.3 is 10.2 Å². The number of hydrogen-bond acceptors (Lipinski definition) is 2. The second kappa shape index (κ2) is 7.08. The van der Waals surface area contributed by atoms with Crippen LogP contribution in [0.15, 0.2) is 18.2 Å². The zero-order chi connectivity index (χ0) is 15.4. The Morgan fingerprint density at radius 1 is 1.38 bits per heavy atom. The van der Waals surface area contributed by atoms with Crippen molar-refractivity contribution in [1.29, 1.82) is 0 Å². The fourth-order valence-corrected chi connectivity index (χ4v) is 3.06. The number of likely N-dealkylation sites (tertiary alicyclic amines) is 1. The van der Waals surface area contributed by atoms with E-state index in [9.17, 15) is 4.79 Å². The fourth-order valence-electron chi connectivity index (χ4n) is 3.06.